The molecule has 33 heavy (non-hydrogen) atoms. The minimum Gasteiger partial charge on any atom is -0.337 e. The Labute approximate surface area is 186 Å². The van der Waals surface area contributed by atoms with Crippen LogP contribution in [-0.2, 0) is 6.18 Å². The molecule has 4 heterocycles. The summed E-state index contributed by atoms with van der Waals surface area (Å²) < 4.78 is 47.0. The molecule has 0 spiro atoms. The van der Waals surface area contributed by atoms with Gasteiger partial charge in [-0.1, -0.05) is 17.3 Å². The molecule has 1 amide bonds. The van der Waals surface area contributed by atoms with Crippen LogP contribution in [0.1, 0.15) is 40.5 Å². The number of carbonyl (C=O) groups excluding carboxylic acids is 1. The number of benzene rings is 1. The van der Waals surface area contributed by atoms with Crippen LogP contribution in [0.5, 0.6) is 0 Å². The van der Waals surface area contributed by atoms with E-state index in [2.05, 4.69) is 15.1 Å². The second-order valence-electron chi connectivity index (χ2n) is 8.14. The van der Waals surface area contributed by atoms with Crippen molar-refractivity contribution in [1.82, 2.24) is 24.6 Å². The van der Waals surface area contributed by atoms with Crippen molar-refractivity contribution < 1.29 is 22.5 Å². The number of likely N-dealkylation sites (tertiary alicyclic amines) is 1. The number of alkyl halides is 3. The summed E-state index contributed by atoms with van der Waals surface area (Å²) in [5, 5.41) is 4.40. The van der Waals surface area contributed by atoms with E-state index >= 15 is 0 Å². The van der Waals surface area contributed by atoms with Gasteiger partial charge in [-0.05, 0) is 38.0 Å². The van der Waals surface area contributed by atoms with Crippen LogP contribution >= 0.6 is 0 Å². The normalized spacial score (nSPS) is 17.0. The van der Waals surface area contributed by atoms with Gasteiger partial charge in [-0.25, -0.2) is 9.97 Å². The fourth-order valence-electron chi connectivity index (χ4n) is 4.30. The number of imidazole rings is 1. The molecule has 1 aliphatic rings. The topological polar surface area (TPSA) is 77.0 Å². The zero-order chi connectivity index (χ0) is 23.2. The van der Waals surface area contributed by atoms with Gasteiger partial charge in [0.1, 0.15) is 0 Å². The lowest BCUT2D eigenvalue weighted by atomic mass is 10.0. The summed E-state index contributed by atoms with van der Waals surface area (Å²) in [6, 6.07) is 6.49. The molecule has 0 radical (unpaired) electrons. The monoisotopic (exact) mass is 455 g/mol. The summed E-state index contributed by atoms with van der Waals surface area (Å²) >= 11 is 0. The number of fused-ring (bicyclic) bond motifs is 1. The van der Waals surface area contributed by atoms with E-state index in [1.807, 2.05) is 10.8 Å². The molecule has 5 rings (SSSR count). The van der Waals surface area contributed by atoms with E-state index < -0.39 is 11.7 Å². The summed E-state index contributed by atoms with van der Waals surface area (Å²) in [6.07, 6.45) is 2.57. The van der Waals surface area contributed by atoms with Crippen LogP contribution in [0.4, 0.5) is 13.2 Å². The highest BCUT2D eigenvalue weighted by Crippen LogP contribution is 2.34. The molecule has 0 aliphatic carbocycles. The summed E-state index contributed by atoms with van der Waals surface area (Å²) in [5.74, 6) is -0.230. The van der Waals surface area contributed by atoms with Gasteiger partial charge >= 0.3 is 6.18 Å². The lowest BCUT2D eigenvalue weighted by Gasteiger charge is -2.33. The second kappa shape index (κ2) is 8.02. The first-order valence-corrected chi connectivity index (χ1v) is 10.5. The van der Waals surface area contributed by atoms with Gasteiger partial charge < -0.3 is 14.0 Å². The van der Waals surface area contributed by atoms with Crippen molar-refractivity contribution in [2.75, 3.05) is 13.1 Å². The van der Waals surface area contributed by atoms with Crippen molar-refractivity contribution >= 4 is 17.0 Å². The van der Waals surface area contributed by atoms with Gasteiger partial charge in [-0.3, -0.25) is 4.79 Å². The fourth-order valence-corrected chi connectivity index (χ4v) is 4.30. The van der Waals surface area contributed by atoms with Crippen LogP contribution < -0.4 is 0 Å². The average molecular weight is 455 g/mol. The average Bonchev–Trinajstić information content (AvgIpc) is 3.48. The van der Waals surface area contributed by atoms with Gasteiger partial charge in [-0.2, -0.15) is 13.2 Å². The van der Waals surface area contributed by atoms with Crippen molar-refractivity contribution in [2.24, 2.45) is 0 Å². The summed E-state index contributed by atoms with van der Waals surface area (Å²) in [4.78, 5) is 23.8. The molecular formula is C23H20F3N5O2. The Hall–Kier alpha value is -3.69. The molecule has 0 N–H and O–H groups in total. The zero-order valence-corrected chi connectivity index (χ0v) is 17.7. The molecule has 1 fully saturated rings. The van der Waals surface area contributed by atoms with E-state index in [1.165, 1.54) is 18.2 Å². The van der Waals surface area contributed by atoms with Gasteiger partial charge in [0, 0.05) is 31.0 Å². The van der Waals surface area contributed by atoms with E-state index in [0.29, 0.717) is 29.7 Å². The lowest BCUT2D eigenvalue weighted by Crippen LogP contribution is -2.40. The van der Waals surface area contributed by atoms with Crippen LogP contribution in [0, 0.1) is 6.92 Å². The Kier molecular flexibility index (Phi) is 5.15. The Morgan fingerprint density at radius 3 is 2.85 bits per heavy atom. The maximum Gasteiger partial charge on any atom is 0.416 e. The minimum absolute atomic E-state index is 0.106. The molecule has 4 aromatic rings. The molecule has 0 bridgehead atoms. The summed E-state index contributed by atoms with van der Waals surface area (Å²) in [7, 11) is 0. The quantitative estimate of drug-likeness (QED) is 0.440. The summed E-state index contributed by atoms with van der Waals surface area (Å²) in [6.45, 7) is 2.79. The largest absolute Gasteiger partial charge is 0.416 e. The first-order valence-electron chi connectivity index (χ1n) is 10.5. The molecule has 0 saturated carbocycles. The molecule has 3 aromatic heterocycles. The maximum atomic E-state index is 13.6. The van der Waals surface area contributed by atoms with Crippen molar-refractivity contribution in [2.45, 2.75) is 32.0 Å². The van der Waals surface area contributed by atoms with Gasteiger partial charge in [0.2, 0.25) is 0 Å². The van der Waals surface area contributed by atoms with Crippen molar-refractivity contribution in [3.05, 3.63) is 65.9 Å². The van der Waals surface area contributed by atoms with Crippen molar-refractivity contribution in [3.63, 3.8) is 0 Å². The Morgan fingerprint density at radius 2 is 2.09 bits per heavy atom. The number of hydrogen-bond donors (Lipinski definition) is 0. The summed E-state index contributed by atoms with van der Waals surface area (Å²) in [5.41, 5.74) is 0.606. The molecule has 1 saturated heterocycles. The highest BCUT2D eigenvalue weighted by Gasteiger charge is 2.31. The molecule has 1 aliphatic heterocycles. The van der Waals surface area contributed by atoms with Crippen molar-refractivity contribution in [3.8, 4) is 11.3 Å². The Balaban J connectivity index is 1.55. The number of halogens is 3. The Bertz CT molecular complexity index is 1310. The zero-order valence-electron chi connectivity index (χ0n) is 17.7. The molecule has 10 heteroatoms. The highest BCUT2D eigenvalue weighted by molar-refractivity contribution is 6.07. The molecule has 1 aromatic carbocycles. The molecule has 1 unspecified atom stereocenters. The first kappa shape index (κ1) is 21.2. The van der Waals surface area contributed by atoms with Crippen LogP contribution in [-0.4, -0.2) is 43.6 Å². The third-order valence-electron chi connectivity index (χ3n) is 5.96. The molecule has 170 valence electrons. The van der Waals surface area contributed by atoms with E-state index in [4.69, 9.17) is 4.52 Å². The molecule has 1 atom stereocenters. The number of rotatable bonds is 3. The third kappa shape index (κ3) is 3.96. The van der Waals surface area contributed by atoms with Crippen molar-refractivity contribution in [1.29, 1.82) is 0 Å². The highest BCUT2D eigenvalue weighted by atomic mass is 19.4. The number of aromatic nitrogens is 4. The fraction of sp³-hybridized carbons (Fsp3) is 0.304. The number of hydrogen-bond acceptors (Lipinski definition) is 5. The lowest BCUT2D eigenvalue weighted by molar-refractivity contribution is -0.137. The van der Waals surface area contributed by atoms with Gasteiger partial charge in [-0.15, -0.1) is 0 Å². The van der Waals surface area contributed by atoms with E-state index in [-0.39, 0.29) is 28.9 Å². The van der Waals surface area contributed by atoms with Gasteiger partial charge in [0.05, 0.1) is 40.3 Å². The third-order valence-corrected chi connectivity index (χ3v) is 5.96. The number of nitrogens with zero attached hydrogens (tertiary/aromatic N) is 5. The maximum absolute atomic E-state index is 13.6. The van der Waals surface area contributed by atoms with Crippen LogP contribution in [0.2, 0.25) is 0 Å². The number of amides is 1. The number of aryl methyl sites for hydroxylation is 1. The van der Waals surface area contributed by atoms with Gasteiger partial charge in [0.15, 0.2) is 0 Å². The predicted molar refractivity (Wildman–Crippen MR) is 113 cm³/mol. The van der Waals surface area contributed by atoms with Crippen LogP contribution in [0.15, 0.2) is 53.6 Å². The number of pyridine rings is 1. The SMILES string of the molecule is Cc1noc2nc(-c3cccc(C(F)(F)F)c3)cc(C(=O)N3CCCC(n4ccnc4)C3)c12. The second-order valence-corrected chi connectivity index (χ2v) is 8.14. The minimum atomic E-state index is -4.49. The first-order chi connectivity index (χ1) is 15.8. The molecule has 7 nitrogen and oxygen atoms in total. The van der Waals surface area contributed by atoms with E-state index in [9.17, 15) is 18.0 Å². The van der Waals surface area contributed by atoms with E-state index in [1.54, 1.807) is 24.3 Å². The van der Waals surface area contributed by atoms with Crippen LogP contribution in [0.3, 0.4) is 0 Å². The predicted octanol–water partition coefficient (Wildman–Crippen LogP) is 4.89. The van der Waals surface area contributed by atoms with Gasteiger partial charge in [0.25, 0.3) is 11.6 Å². The smallest absolute Gasteiger partial charge is 0.337 e. The number of carbonyl (C=O) groups is 1. The standard InChI is InChI=1S/C23H20F3N5O2/c1-14-20-18(22(32)30-8-3-6-17(12-30)31-9-7-27-13-31)11-19(28-21(20)33-29-14)15-4-2-5-16(10-15)23(24,25)26/h2,4-5,7,9-11,13,17H,3,6,8,12H2,1H3. The van der Waals surface area contributed by atoms with E-state index in [0.717, 1.165) is 25.0 Å². The molecular weight excluding hydrogens is 435 g/mol. The number of piperidine rings is 1. The van der Waals surface area contributed by atoms with Crippen LogP contribution in [0.25, 0.3) is 22.4 Å². The Morgan fingerprint density at radius 1 is 1.24 bits per heavy atom.